The first-order chi connectivity index (χ1) is 17.5. The van der Waals surface area contributed by atoms with E-state index in [9.17, 15) is 9.59 Å². The van der Waals surface area contributed by atoms with Crippen molar-refractivity contribution in [2.24, 2.45) is 17.4 Å². The molecule has 6 nitrogen and oxygen atoms in total. The summed E-state index contributed by atoms with van der Waals surface area (Å²) in [6, 6.07) is 9.43. The van der Waals surface area contributed by atoms with Crippen LogP contribution in [0.4, 0.5) is 0 Å². The Labute approximate surface area is 225 Å². The molecule has 1 aliphatic rings. The normalized spacial score (nSPS) is 20.5. The van der Waals surface area contributed by atoms with Gasteiger partial charge in [-0.2, -0.15) is 0 Å². The van der Waals surface area contributed by atoms with Crippen molar-refractivity contribution in [2.45, 2.75) is 102 Å². The van der Waals surface area contributed by atoms with E-state index >= 15 is 0 Å². The third kappa shape index (κ3) is 8.62. The van der Waals surface area contributed by atoms with Crippen molar-refractivity contribution in [1.82, 2.24) is 10.2 Å². The predicted octanol–water partition coefficient (Wildman–Crippen LogP) is 4.95. The van der Waals surface area contributed by atoms with Gasteiger partial charge < -0.3 is 21.7 Å². The van der Waals surface area contributed by atoms with Crippen LogP contribution >= 0.6 is 0 Å². The summed E-state index contributed by atoms with van der Waals surface area (Å²) in [6.45, 7) is 19.3. The van der Waals surface area contributed by atoms with Crippen LogP contribution in [0.5, 0.6) is 0 Å². The van der Waals surface area contributed by atoms with Crippen LogP contribution in [0.1, 0.15) is 84.1 Å². The Morgan fingerprint density at radius 3 is 2.24 bits per heavy atom. The maximum absolute atomic E-state index is 13.8. The largest absolute Gasteiger partial charge is 0.361 e. The quantitative estimate of drug-likeness (QED) is 0.175. The van der Waals surface area contributed by atoms with Crippen molar-refractivity contribution < 1.29 is 9.59 Å². The molecular weight excluding hydrogens is 460 g/mol. The van der Waals surface area contributed by atoms with E-state index in [1.165, 1.54) is 5.56 Å². The van der Waals surface area contributed by atoms with E-state index in [1.807, 2.05) is 13.0 Å². The fourth-order valence-corrected chi connectivity index (χ4v) is 5.27. The summed E-state index contributed by atoms with van der Waals surface area (Å²) < 4.78 is 0. The number of nitrogens with two attached hydrogens (primary N) is 2. The topological polar surface area (TPSA) is 101 Å². The fraction of sp³-hybridized carbons (Fsp3) is 0.613. The van der Waals surface area contributed by atoms with E-state index in [0.29, 0.717) is 12.3 Å². The lowest BCUT2D eigenvalue weighted by molar-refractivity contribution is -0.134. The van der Waals surface area contributed by atoms with Crippen LogP contribution in [-0.4, -0.2) is 53.7 Å². The Kier molecular flexibility index (Phi) is 14.0. The Bertz CT molecular complexity index is 856. The van der Waals surface area contributed by atoms with E-state index < -0.39 is 11.6 Å². The maximum atomic E-state index is 13.8. The number of Topliss-reactive ketones (excluding diaryl/α,β-unsaturated/α-hetero) is 2. The van der Waals surface area contributed by atoms with Gasteiger partial charge in [-0.25, -0.2) is 0 Å². The van der Waals surface area contributed by atoms with Gasteiger partial charge in [0.05, 0.1) is 18.0 Å². The molecule has 0 saturated carbocycles. The number of ketones is 2. The molecular formula is C31H52N4O2. The molecule has 6 heteroatoms. The summed E-state index contributed by atoms with van der Waals surface area (Å²) >= 11 is 0. The van der Waals surface area contributed by atoms with Crippen molar-refractivity contribution >= 4 is 11.6 Å². The van der Waals surface area contributed by atoms with Crippen molar-refractivity contribution in [3.05, 3.63) is 61.3 Å². The monoisotopic (exact) mass is 512 g/mol. The van der Waals surface area contributed by atoms with Crippen LogP contribution in [-0.2, 0) is 9.59 Å². The van der Waals surface area contributed by atoms with E-state index in [4.69, 9.17) is 11.5 Å². The number of benzene rings is 1. The summed E-state index contributed by atoms with van der Waals surface area (Å²) in [4.78, 5) is 28.9. The first kappa shape index (κ1) is 32.7. The molecule has 1 fully saturated rings. The van der Waals surface area contributed by atoms with Crippen molar-refractivity contribution in [3.8, 4) is 0 Å². The molecule has 0 spiro atoms. The molecule has 0 aliphatic carbocycles. The molecule has 1 aromatic carbocycles. The van der Waals surface area contributed by atoms with E-state index in [2.05, 4.69) is 75.0 Å². The van der Waals surface area contributed by atoms with Gasteiger partial charge >= 0.3 is 0 Å². The molecule has 1 aromatic rings. The van der Waals surface area contributed by atoms with E-state index in [1.54, 1.807) is 7.05 Å². The molecule has 1 aliphatic heterocycles. The first-order valence-corrected chi connectivity index (χ1v) is 13.8. The standard InChI is InChI=1S/C29H48N4O2.C2H4/c1-20(2)27(30)23(5)33-18-12-17-29(33,26(35)19-25(34)28(31)22(4)32-6)16-11-10-13-21(3)24-14-8-7-9-15-24;1-2/h7-9,14-15,20-22,27-28,32H,5,10-13,16-19,30-31H2,1-4,6H3;1-2H2. The second kappa shape index (κ2) is 15.9. The van der Waals surface area contributed by atoms with Crippen molar-refractivity contribution in [3.63, 3.8) is 0 Å². The second-order valence-corrected chi connectivity index (χ2v) is 10.8. The minimum atomic E-state index is -0.724. The minimum absolute atomic E-state index is 0.0352. The van der Waals surface area contributed by atoms with Crippen molar-refractivity contribution in [1.29, 1.82) is 0 Å². The molecule has 2 rings (SSSR count). The number of hydrogen-bond donors (Lipinski definition) is 3. The van der Waals surface area contributed by atoms with Crippen LogP contribution in [0.25, 0.3) is 0 Å². The lowest BCUT2D eigenvalue weighted by Gasteiger charge is -2.42. The Morgan fingerprint density at radius 2 is 1.68 bits per heavy atom. The molecule has 1 saturated heterocycles. The number of hydrogen-bond acceptors (Lipinski definition) is 6. The van der Waals surface area contributed by atoms with Gasteiger partial charge in [-0.05, 0) is 57.1 Å². The number of nitrogens with zero attached hydrogens (tertiary/aromatic N) is 1. The SMILES string of the molecule is C=C.C=C(C(N)C(C)C)N1CCCC1(CCCCC(C)c1ccccc1)C(=O)CC(=O)C(N)C(C)NC. The molecule has 0 bridgehead atoms. The summed E-state index contributed by atoms with van der Waals surface area (Å²) in [5.41, 5.74) is 14.0. The van der Waals surface area contributed by atoms with Gasteiger partial charge in [0.15, 0.2) is 11.6 Å². The second-order valence-electron chi connectivity index (χ2n) is 10.8. The highest BCUT2D eigenvalue weighted by atomic mass is 16.2. The molecule has 1 heterocycles. The van der Waals surface area contributed by atoms with Gasteiger partial charge in [-0.1, -0.05) is 70.5 Å². The number of likely N-dealkylation sites (N-methyl/N-ethyl adjacent to an activating group) is 1. The molecule has 0 radical (unpaired) electrons. The van der Waals surface area contributed by atoms with Crippen LogP contribution in [0.15, 0.2) is 55.8 Å². The summed E-state index contributed by atoms with van der Waals surface area (Å²) in [5, 5.41) is 3.02. The summed E-state index contributed by atoms with van der Waals surface area (Å²) in [7, 11) is 1.77. The lowest BCUT2D eigenvalue weighted by atomic mass is 9.80. The average molecular weight is 513 g/mol. The Hall–Kier alpha value is -2.28. The highest BCUT2D eigenvalue weighted by Crippen LogP contribution is 2.40. The van der Waals surface area contributed by atoms with Crippen LogP contribution < -0.4 is 16.8 Å². The van der Waals surface area contributed by atoms with Crippen LogP contribution in [0, 0.1) is 5.92 Å². The third-order valence-corrected chi connectivity index (χ3v) is 8.00. The zero-order chi connectivity index (χ0) is 28.2. The zero-order valence-electron chi connectivity index (χ0n) is 24.0. The van der Waals surface area contributed by atoms with Crippen molar-refractivity contribution in [2.75, 3.05) is 13.6 Å². The first-order valence-electron chi connectivity index (χ1n) is 13.8. The van der Waals surface area contributed by atoms with Gasteiger partial charge in [-0.3, -0.25) is 9.59 Å². The Morgan fingerprint density at radius 1 is 1.05 bits per heavy atom. The highest BCUT2D eigenvalue weighted by molar-refractivity contribution is 6.05. The number of likely N-dealkylation sites (tertiary alicyclic amines) is 1. The molecule has 5 N–H and O–H groups in total. The molecule has 0 aromatic heterocycles. The number of rotatable bonds is 15. The Balaban J connectivity index is 0.00000334. The molecule has 208 valence electrons. The molecule has 0 amide bonds. The molecule has 5 unspecified atom stereocenters. The summed E-state index contributed by atoms with van der Waals surface area (Å²) in [5.74, 6) is 0.440. The third-order valence-electron chi connectivity index (χ3n) is 8.00. The van der Waals surface area contributed by atoms with Gasteiger partial charge in [0.2, 0.25) is 0 Å². The average Bonchev–Trinajstić information content (AvgIpc) is 3.35. The minimum Gasteiger partial charge on any atom is -0.361 e. The maximum Gasteiger partial charge on any atom is 0.165 e. The molecule has 37 heavy (non-hydrogen) atoms. The smallest absolute Gasteiger partial charge is 0.165 e. The van der Waals surface area contributed by atoms with Crippen LogP contribution in [0.2, 0.25) is 0 Å². The van der Waals surface area contributed by atoms with Gasteiger partial charge in [0.25, 0.3) is 0 Å². The number of unbranched alkanes of at least 4 members (excludes halogenated alkanes) is 1. The summed E-state index contributed by atoms with van der Waals surface area (Å²) in [6.07, 6.45) is 5.18. The highest BCUT2D eigenvalue weighted by Gasteiger charge is 2.48. The van der Waals surface area contributed by atoms with Gasteiger partial charge in [0, 0.05) is 24.3 Å². The number of carbonyl (C=O) groups excluding carboxylic acids is 2. The predicted molar refractivity (Wildman–Crippen MR) is 156 cm³/mol. The van der Waals surface area contributed by atoms with Gasteiger partial charge in [0.1, 0.15) is 0 Å². The number of nitrogens with one attached hydrogen (secondary N) is 1. The molecule has 5 atom stereocenters. The van der Waals surface area contributed by atoms with Crippen LogP contribution in [0.3, 0.4) is 0 Å². The van der Waals surface area contributed by atoms with E-state index in [-0.39, 0.29) is 36.0 Å². The zero-order valence-corrected chi connectivity index (χ0v) is 24.0. The van der Waals surface area contributed by atoms with Gasteiger partial charge in [-0.15, -0.1) is 13.2 Å². The lowest BCUT2D eigenvalue weighted by Crippen LogP contribution is -2.55. The number of carbonyl (C=O) groups is 2. The fourth-order valence-electron chi connectivity index (χ4n) is 5.27. The van der Waals surface area contributed by atoms with E-state index in [0.717, 1.165) is 44.3 Å².